The second kappa shape index (κ2) is 6.97. The minimum absolute atomic E-state index is 0.0561. The predicted molar refractivity (Wildman–Crippen MR) is 107 cm³/mol. The number of hydrogen-bond acceptors (Lipinski definition) is 3. The Balaban J connectivity index is 1.45. The zero-order chi connectivity index (χ0) is 18.1. The Morgan fingerprint density at radius 2 is 1.88 bits per heavy atom. The normalized spacial score (nSPS) is 19.5. The van der Waals surface area contributed by atoms with E-state index in [1.54, 1.807) is 0 Å². The van der Waals surface area contributed by atoms with E-state index in [0.29, 0.717) is 5.71 Å². The van der Waals surface area contributed by atoms with Gasteiger partial charge in [0.2, 0.25) is 0 Å². The molecule has 5 heteroatoms. The van der Waals surface area contributed by atoms with Crippen LogP contribution in [0.2, 0.25) is 0 Å². The third kappa shape index (κ3) is 3.60. The standard InChI is InChI=1S/C21H22BrN3O/c1-15-3-2-4-16(13-15)14-25-11-9-21(10-12-25)23-19(20(26)24-21)17-5-7-18(22)8-6-17/h2-8,13H,9-12,14H2,1H3,(H,24,26). The molecule has 2 aliphatic heterocycles. The van der Waals surface area contributed by atoms with E-state index in [0.717, 1.165) is 42.5 Å². The fraction of sp³-hybridized carbons (Fsp3) is 0.333. The minimum Gasteiger partial charge on any atom is -0.326 e. The molecule has 0 aromatic heterocycles. The Morgan fingerprint density at radius 1 is 1.15 bits per heavy atom. The van der Waals surface area contributed by atoms with Gasteiger partial charge in [-0.1, -0.05) is 57.9 Å². The van der Waals surface area contributed by atoms with Crippen LogP contribution >= 0.6 is 15.9 Å². The molecule has 0 bridgehead atoms. The molecule has 0 radical (unpaired) electrons. The molecule has 4 rings (SSSR count). The molecule has 26 heavy (non-hydrogen) atoms. The Kier molecular flexibility index (Phi) is 4.67. The average Bonchev–Trinajstić information content (AvgIpc) is 2.94. The first kappa shape index (κ1) is 17.4. The Hall–Kier alpha value is -1.98. The van der Waals surface area contributed by atoms with E-state index in [1.165, 1.54) is 11.1 Å². The van der Waals surface area contributed by atoms with Crippen molar-refractivity contribution in [2.75, 3.05) is 13.1 Å². The number of carbonyl (C=O) groups is 1. The number of piperidine rings is 1. The number of amides is 1. The van der Waals surface area contributed by atoms with Crippen LogP contribution < -0.4 is 5.32 Å². The van der Waals surface area contributed by atoms with E-state index in [1.807, 2.05) is 24.3 Å². The van der Waals surface area contributed by atoms with Crippen LogP contribution in [0.3, 0.4) is 0 Å². The zero-order valence-corrected chi connectivity index (χ0v) is 16.4. The van der Waals surface area contributed by atoms with Gasteiger partial charge in [0, 0.05) is 42.5 Å². The van der Waals surface area contributed by atoms with Crippen LogP contribution in [0.5, 0.6) is 0 Å². The van der Waals surface area contributed by atoms with Gasteiger partial charge in [0.05, 0.1) is 0 Å². The molecule has 1 fully saturated rings. The molecule has 0 saturated carbocycles. The number of aryl methyl sites for hydroxylation is 1. The highest BCUT2D eigenvalue weighted by Crippen LogP contribution is 2.29. The molecule has 1 amide bonds. The van der Waals surface area contributed by atoms with Crippen molar-refractivity contribution in [3.05, 3.63) is 69.7 Å². The summed E-state index contributed by atoms with van der Waals surface area (Å²) in [6.07, 6.45) is 1.70. The summed E-state index contributed by atoms with van der Waals surface area (Å²) in [6.45, 7) is 4.95. The zero-order valence-electron chi connectivity index (χ0n) is 14.8. The van der Waals surface area contributed by atoms with Crippen molar-refractivity contribution in [1.29, 1.82) is 0 Å². The van der Waals surface area contributed by atoms with Crippen LogP contribution in [-0.2, 0) is 11.3 Å². The van der Waals surface area contributed by atoms with Crippen LogP contribution in [0.15, 0.2) is 58.0 Å². The van der Waals surface area contributed by atoms with E-state index >= 15 is 0 Å². The number of hydrogen-bond donors (Lipinski definition) is 1. The topological polar surface area (TPSA) is 44.7 Å². The number of nitrogens with zero attached hydrogens (tertiary/aromatic N) is 2. The summed E-state index contributed by atoms with van der Waals surface area (Å²) in [5, 5.41) is 3.14. The highest BCUT2D eigenvalue weighted by atomic mass is 79.9. The first-order chi connectivity index (χ1) is 12.5. The third-order valence-electron chi connectivity index (χ3n) is 5.18. The second-order valence-electron chi connectivity index (χ2n) is 7.22. The lowest BCUT2D eigenvalue weighted by Crippen LogP contribution is -2.50. The number of nitrogens with one attached hydrogen (secondary N) is 1. The van der Waals surface area contributed by atoms with Crippen molar-refractivity contribution in [3.63, 3.8) is 0 Å². The van der Waals surface area contributed by atoms with E-state index in [2.05, 4.69) is 57.3 Å². The van der Waals surface area contributed by atoms with Gasteiger partial charge in [0.15, 0.2) is 0 Å². The van der Waals surface area contributed by atoms with Crippen molar-refractivity contribution >= 4 is 27.5 Å². The summed E-state index contributed by atoms with van der Waals surface area (Å²) in [7, 11) is 0. The van der Waals surface area contributed by atoms with Crippen LogP contribution in [0.1, 0.15) is 29.5 Å². The minimum atomic E-state index is -0.428. The molecular weight excluding hydrogens is 390 g/mol. The summed E-state index contributed by atoms with van der Waals surface area (Å²) >= 11 is 3.43. The molecule has 0 atom stereocenters. The monoisotopic (exact) mass is 411 g/mol. The van der Waals surface area contributed by atoms with Gasteiger partial charge >= 0.3 is 0 Å². The fourth-order valence-electron chi connectivity index (χ4n) is 3.75. The Morgan fingerprint density at radius 3 is 2.58 bits per heavy atom. The molecule has 4 nitrogen and oxygen atoms in total. The Labute approximate surface area is 162 Å². The van der Waals surface area contributed by atoms with Crippen molar-refractivity contribution < 1.29 is 4.79 Å². The lowest BCUT2D eigenvalue weighted by Gasteiger charge is -2.37. The van der Waals surface area contributed by atoms with E-state index in [9.17, 15) is 4.79 Å². The molecule has 0 unspecified atom stereocenters. The van der Waals surface area contributed by atoms with Gasteiger partial charge in [0.1, 0.15) is 11.4 Å². The second-order valence-corrected chi connectivity index (χ2v) is 8.13. The smallest absolute Gasteiger partial charge is 0.272 e. The summed E-state index contributed by atoms with van der Waals surface area (Å²) in [6, 6.07) is 16.4. The summed E-state index contributed by atoms with van der Waals surface area (Å²) in [5.74, 6) is -0.0561. The first-order valence-corrected chi connectivity index (χ1v) is 9.79. The van der Waals surface area contributed by atoms with Crippen LogP contribution in [0.4, 0.5) is 0 Å². The van der Waals surface area contributed by atoms with E-state index in [4.69, 9.17) is 4.99 Å². The van der Waals surface area contributed by atoms with Gasteiger partial charge in [0.25, 0.3) is 5.91 Å². The summed E-state index contributed by atoms with van der Waals surface area (Å²) in [5.41, 5.74) is 3.65. The molecule has 2 aliphatic rings. The highest BCUT2D eigenvalue weighted by molar-refractivity contribution is 9.10. The maximum Gasteiger partial charge on any atom is 0.272 e. The van der Waals surface area contributed by atoms with Crippen molar-refractivity contribution in [2.24, 2.45) is 4.99 Å². The SMILES string of the molecule is Cc1cccc(CN2CCC3(CC2)N=C(c2ccc(Br)cc2)C(=O)N3)c1. The number of likely N-dealkylation sites (tertiary alicyclic amines) is 1. The number of halogens is 1. The van der Waals surface area contributed by atoms with Gasteiger partial charge in [-0.15, -0.1) is 0 Å². The van der Waals surface area contributed by atoms with Crippen molar-refractivity contribution in [1.82, 2.24) is 10.2 Å². The van der Waals surface area contributed by atoms with Gasteiger partial charge in [-0.05, 0) is 24.6 Å². The molecule has 1 spiro atoms. The quantitative estimate of drug-likeness (QED) is 0.836. The molecule has 134 valence electrons. The molecule has 1 N–H and O–H groups in total. The van der Waals surface area contributed by atoms with Gasteiger partial charge in [-0.25, -0.2) is 0 Å². The largest absolute Gasteiger partial charge is 0.326 e. The Bertz CT molecular complexity index is 852. The molecule has 1 saturated heterocycles. The first-order valence-electron chi connectivity index (χ1n) is 8.99. The number of carbonyl (C=O) groups excluding carboxylic acids is 1. The maximum atomic E-state index is 12.5. The van der Waals surface area contributed by atoms with Gasteiger partial charge in [-0.3, -0.25) is 14.7 Å². The summed E-state index contributed by atoms with van der Waals surface area (Å²) in [4.78, 5) is 19.7. The predicted octanol–water partition coefficient (Wildman–Crippen LogP) is 3.67. The van der Waals surface area contributed by atoms with Crippen LogP contribution in [0, 0.1) is 6.92 Å². The number of benzene rings is 2. The lowest BCUT2D eigenvalue weighted by atomic mass is 9.97. The van der Waals surface area contributed by atoms with Crippen LogP contribution in [0.25, 0.3) is 0 Å². The fourth-order valence-corrected chi connectivity index (χ4v) is 4.02. The van der Waals surface area contributed by atoms with Crippen molar-refractivity contribution in [2.45, 2.75) is 32.0 Å². The molecule has 2 heterocycles. The van der Waals surface area contributed by atoms with Crippen molar-refractivity contribution in [3.8, 4) is 0 Å². The maximum absolute atomic E-state index is 12.5. The third-order valence-corrected chi connectivity index (χ3v) is 5.71. The molecule has 2 aromatic carbocycles. The highest BCUT2D eigenvalue weighted by Gasteiger charge is 2.41. The summed E-state index contributed by atoms with van der Waals surface area (Å²) < 4.78 is 0.999. The van der Waals surface area contributed by atoms with E-state index in [-0.39, 0.29) is 5.91 Å². The number of aliphatic imine (C=N–C) groups is 1. The van der Waals surface area contributed by atoms with Crippen LogP contribution in [-0.4, -0.2) is 35.3 Å². The lowest BCUT2D eigenvalue weighted by molar-refractivity contribution is -0.115. The van der Waals surface area contributed by atoms with Gasteiger partial charge < -0.3 is 5.32 Å². The number of rotatable bonds is 3. The average molecular weight is 412 g/mol. The molecular formula is C21H22BrN3O. The molecule has 0 aliphatic carbocycles. The molecule has 2 aromatic rings. The van der Waals surface area contributed by atoms with Gasteiger partial charge in [-0.2, -0.15) is 0 Å². The van der Waals surface area contributed by atoms with E-state index < -0.39 is 5.66 Å².